The first kappa shape index (κ1) is 17.0. The van der Waals surface area contributed by atoms with E-state index >= 15 is 0 Å². The Bertz CT molecular complexity index is 1000. The molecule has 0 bridgehead atoms. The number of aliphatic carboxylic acids is 1. The lowest BCUT2D eigenvalue weighted by atomic mass is 10.2. The highest BCUT2D eigenvalue weighted by Crippen LogP contribution is 2.18. The standard InChI is InChI=1S/C20H14BrNO3/c1-13(20(23)24)25-18-4-2-3-14(11-18)5-9-17-10-7-15-6-8-16(21)12-19(15)22-17/h2-4,6-8,10-13H,1H3,(H,23,24)/t13-/m0/s1. The molecule has 2 aromatic carbocycles. The van der Waals surface area contributed by atoms with Crippen LogP contribution in [0.1, 0.15) is 18.2 Å². The van der Waals surface area contributed by atoms with E-state index in [-0.39, 0.29) is 0 Å². The van der Waals surface area contributed by atoms with Crippen molar-refractivity contribution in [1.29, 1.82) is 0 Å². The average Bonchev–Trinajstić information content (AvgIpc) is 2.59. The number of carboxylic acid groups (broad SMARTS) is 1. The molecule has 1 N–H and O–H groups in total. The predicted molar refractivity (Wildman–Crippen MR) is 99.6 cm³/mol. The van der Waals surface area contributed by atoms with E-state index in [9.17, 15) is 4.79 Å². The largest absolute Gasteiger partial charge is 0.479 e. The molecule has 1 aromatic heterocycles. The van der Waals surface area contributed by atoms with Gasteiger partial charge in [-0.2, -0.15) is 0 Å². The van der Waals surface area contributed by atoms with Crippen molar-refractivity contribution in [2.75, 3.05) is 0 Å². The summed E-state index contributed by atoms with van der Waals surface area (Å²) in [5, 5.41) is 9.95. The summed E-state index contributed by atoms with van der Waals surface area (Å²) in [7, 11) is 0. The Kier molecular flexibility index (Phi) is 5.01. The summed E-state index contributed by atoms with van der Waals surface area (Å²) in [6.07, 6.45) is -0.913. The molecule has 124 valence electrons. The molecule has 0 radical (unpaired) electrons. The molecule has 0 fully saturated rings. The summed E-state index contributed by atoms with van der Waals surface area (Å²) in [4.78, 5) is 15.4. The molecule has 1 heterocycles. The maximum absolute atomic E-state index is 10.9. The van der Waals surface area contributed by atoms with Crippen molar-refractivity contribution in [3.05, 3.63) is 70.3 Å². The van der Waals surface area contributed by atoms with E-state index in [1.807, 2.05) is 36.4 Å². The molecule has 4 nitrogen and oxygen atoms in total. The summed E-state index contributed by atoms with van der Waals surface area (Å²) in [6, 6.07) is 16.8. The first-order valence-electron chi connectivity index (χ1n) is 7.59. The van der Waals surface area contributed by atoms with Gasteiger partial charge in [0.25, 0.3) is 0 Å². The van der Waals surface area contributed by atoms with Crippen LogP contribution in [-0.2, 0) is 4.79 Å². The lowest BCUT2D eigenvalue weighted by Gasteiger charge is -2.10. The summed E-state index contributed by atoms with van der Waals surface area (Å²) >= 11 is 3.44. The summed E-state index contributed by atoms with van der Waals surface area (Å²) in [6.45, 7) is 1.48. The normalized spacial score (nSPS) is 11.4. The van der Waals surface area contributed by atoms with Crippen LogP contribution in [0.4, 0.5) is 0 Å². The molecule has 0 amide bonds. The first-order valence-corrected chi connectivity index (χ1v) is 8.38. The lowest BCUT2D eigenvalue weighted by molar-refractivity contribution is -0.144. The molecule has 0 aliphatic carbocycles. The molecule has 1 atom stereocenters. The highest BCUT2D eigenvalue weighted by Gasteiger charge is 2.12. The molecule has 3 rings (SSSR count). The number of carboxylic acids is 1. The highest BCUT2D eigenvalue weighted by molar-refractivity contribution is 9.10. The number of hydrogen-bond acceptors (Lipinski definition) is 3. The fourth-order valence-electron chi connectivity index (χ4n) is 2.20. The lowest BCUT2D eigenvalue weighted by Crippen LogP contribution is -2.22. The Morgan fingerprint density at radius 2 is 1.96 bits per heavy atom. The van der Waals surface area contributed by atoms with Gasteiger partial charge >= 0.3 is 5.97 Å². The molecule has 0 spiro atoms. The highest BCUT2D eigenvalue weighted by atomic mass is 79.9. The minimum atomic E-state index is -1.01. The average molecular weight is 396 g/mol. The van der Waals surface area contributed by atoms with Crippen molar-refractivity contribution in [1.82, 2.24) is 4.98 Å². The number of ether oxygens (including phenoxy) is 1. The van der Waals surface area contributed by atoms with Crippen molar-refractivity contribution >= 4 is 32.8 Å². The van der Waals surface area contributed by atoms with E-state index < -0.39 is 12.1 Å². The number of aromatic nitrogens is 1. The van der Waals surface area contributed by atoms with E-state index in [1.165, 1.54) is 6.92 Å². The van der Waals surface area contributed by atoms with Gasteiger partial charge in [0, 0.05) is 15.4 Å². The van der Waals surface area contributed by atoms with Crippen molar-refractivity contribution < 1.29 is 14.6 Å². The Morgan fingerprint density at radius 1 is 1.16 bits per heavy atom. The molecule has 5 heteroatoms. The zero-order chi connectivity index (χ0) is 17.8. The van der Waals surface area contributed by atoms with E-state index in [4.69, 9.17) is 9.84 Å². The van der Waals surface area contributed by atoms with Crippen LogP contribution in [0.2, 0.25) is 0 Å². The molecule has 0 aliphatic heterocycles. The molecule has 25 heavy (non-hydrogen) atoms. The Morgan fingerprint density at radius 3 is 2.76 bits per heavy atom. The second kappa shape index (κ2) is 7.37. The van der Waals surface area contributed by atoms with Gasteiger partial charge in [-0.05, 0) is 49.2 Å². The minimum Gasteiger partial charge on any atom is -0.479 e. The fourth-order valence-corrected chi connectivity index (χ4v) is 2.55. The van der Waals surface area contributed by atoms with Gasteiger partial charge < -0.3 is 9.84 Å². The number of fused-ring (bicyclic) bond motifs is 1. The number of carbonyl (C=O) groups is 1. The topological polar surface area (TPSA) is 59.4 Å². The third-order valence-electron chi connectivity index (χ3n) is 3.48. The molecule has 0 unspecified atom stereocenters. The Hall–Kier alpha value is -2.84. The Labute approximate surface area is 153 Å². The van der Waals surface area contributed by atoms with E-state index in [2.05, 4.69) is 32.8 Å². The molecule has 3 aromatic rings. The zero-order valence-electron chi connectivity index (χ0n) is 13.4. The third-order valence-corrected chi connectivity index (χ3v) is 3.98. The van der Waals surface area contributed by atoms with Crippen LogP contribution < -0.4 is 4.74 Å². The molecule has 0 aliphatic rings. The number of hydrogen-bond donors (Lipinski definition) is 1. The van der Waals surface area contributed by atoms with E-state index in [0.717, 1.165) is 20.9 Å². The van der Waals surface area contributed by atoms with Crippen LogP contribution in [0.25, 0.3) is 10.9 Å². The molecule has 0 saturated heterocycles. The molecular weight excluding hydrogens is 382 g/mol. The number of rotatable bonds is 3. The monoisotopic (exact) mass is 395 g/mol. The third kappa shape index (κ3) is 4.37. The second-order valence-corrected chi connectivity index (χ2v) is 6.33. The van der Waals surface area contributed by atoms with Gasteiger partial charge in [0.15, 0.2) is 6.10 Å². The smallest absolute Gasteiger partial charge is 0.344 e. The summed E-state index contributed by atoms with van der Waals surface area (Å²) in [5.74, 6) is 5.52. The van der Waals surface area contributed by atoms with Crippen molar-refractivity contribution in [3.8, 4) is 17.6 Å². The molecule has 0 saturated carbocycles. The number of nitrogens with zero attached hydrogens (tertiary/aromatic N) is 1. The maximum atomic E-state index is 10.9. The quantitative estimate of drug-likeness (QED) is 0.673. The minimum absolute atomic E-state index is 0.470. The van der Waals surface area contributed by atoms with Crippen LogP contribution >= 0.6 is 15.9 Å². The van der Waals surface area contributed by atoms with Gasteiger partial charge in [0.2, 0.25) is 0 Å². The van der Waals surface area contributed by atoms with Crippen LogP contribution in [0.15, 0.2) is 59.1 Å². The number of halogens is 1. The van der Waals surface area contributed by atoms with E-state index in [0.29, 0.717) is 11.4 Å². The van der Waals surface area contributed by atoms with Crippen molar-refractivity contribution in [2.24, 2.45) is 0 Å². The van der Waals surface area contributed by atoms with Gasteiger partial charge in [-0.1, -0.05) is 40.0 Å². The second-order valence-electron chi connectivity index (χ2n) is 5.41. The summed E-state index contributed by atoms with van der Waals surface area (Å²) in [5.41, 5.74) is 2.26. The van der Waals surface area contributed by atoms with Crippen LogP contribution in [0, 0.1) is 11.8 Å². The van der Waals surface area contributed by atoms with Crippen molar-refractivity contribution in [2.45, 2.75) is 13.0 Å². The van der Waals surface area contributed by atoms with Gasteiger partial charge in [0.1, 0.15) is 11.4 Å². The van der Waals surface area contributed by atoms with Crippen LogP contribution in [0.5, 0.6) is 5.75 Å². The zero-order valence-corrected chi connectivity index (χ0v) is 14.9. The van der Waals surface area contributed by atoms with Gasteiger partial charge in [-0.25, -0.2) is 9.78 Å². The summed E-state index contributed by atoms with van der Waals surface area (Å²) < 4.78 is 6.32. The predicted octanol–water partition coefficient (Wildman–Crippen LogP) is 4.25. The van der Waals surface area contributed by atoms with Crippen molar-refractivity contribution in [3.63, 3.8) is 0 Å². The van der Waals surface area contributed by atoms with Gasteiger partial charge in [-0.3, -0.25) is 0 Å². The first-order chi connectivity index (χ1) is 12.0. The maximum Gasteiger partial charge on any atom is 0.344 e. The fraction of sp³-hybridized carbons (Fsp3) is 0.100. The van der Waals surface area contributed by atoms with Gasteiger partial charge in [-0.15, -0.1) is 0 Å². The van der Waals surface area contributed by atoms with E-state index in [1.54, 1.807) is 18.2 Å². The number of benzene rings is 2. The molecular formula is C20H14BrNO3. The van der Waals surface area contributed by atoms with Crippen LogP contribution in [0.3, 0.4) is 0 Å². The Balaban J connectivity index is 1.84. The number of pyridine rings is 1. The SMILES string of the molecule is C[C@H](Oc1cccc(C#Cc2ccc3ccc(Br)cc3n2)c1)C(=O)O. The van der Waals surface area contributed by atoms with Gasteiger partial charge in [0.05, 0.1) is 5.52 Å². The van der Waals surface area contributed by atoms with Crippen LogP contribution in [-0.4, -0.2) is 22.2 Å².